The molecule has 0 saturated heterocycles. The van der Waals surface area contributed by atoms with Crippen molar-refractivity contribution in [2.45, 2.75) is 5.16 Å². The number of halogens is 1. The third-order valence-electron chi connectivity index (χ3n) is 0.762. The molecule has 0 amide bonds. The lowest BCUT2D eigenvalue weighted by molar-refractivity contribution is 0.738. The van der Waals surface area contributed by atoms with Crippen LogP contribution in [0.15, 0.2) is 11.5 Å². The minimum Gasteiger partial charge on any atom is -0.255 e. The summed E-state index contributed by atoms with van der Waals surface area (Å²) in [5, 5.41) is 5.22. The molecule has 3 nitrogen and oxygen atoms in total. The van der Waals surface area contributed by atoms with Crippen molar-refractivity contribution in [3.05, 3.63) is 6.33 Å². The summed E-state index contributed by atoms with van der Waals surface area (Å²) in [4.78, 5) is 3.94. The van der Waals surface area contributed by atoms with E-state index in [1.54, 1.807) is 11.0 Å². The van der Waals surface area contributed by atoms with Gasteiger partial charge in [0.15, 0.2) is 0 Å². The third-order valence-corrected chi connectivity index (χ3v) is 1.64. The van der Waals surface area contributed by atoms with Crippen LogP contribution in [0.4, 0.5) is 0 Å². The summed E-state index contributed by atoms with van der Waals surface area (Å²) in [5.74, 6) is 0. The van der Waals surface area contributed by atoms with Crippen LogP contribution in [0.25, 0.3) is 0 Å². The minimum atomic E-state index is 0.504. The first kappa shape index (κ1) is 6.89. The van der Waals surface area contributed by atoms with E-state index in [-0.39, 0.29) is 0 Å². The van der Waals surface area contributed by atoms with Crippen LogP contribution in [0.1, 0.15) is 0 Å². The van der Waals surface area contributed by atoms with Gasteiger partial charge in [-0.2, -0.15) is 0 Å². The predicted molar refractivity (Wildman–Crippen MR) is 37.6 cm³/mol. The van der Waals surface area contributed by atoms with Crippen molar-refractivity contribution in [3.8, 4) is 0 Å². The van der Waals surface area contributed by atoms with Gasteiger partial charge in [0, 0.05) is 7.05 Å². The summed E-state index contributed by atoms with van der Waals surface area (Å²) in [6.45, 7) is 0. The first-order valence-corrected chi connectivity index (χ1v) is 3.89. The van der Waals surface area contributed by atoms with Gasteiger partial charge in [0.05, 0.1) is 5.21 Å². The van der Waals surface area contributed by atoms with Crippen molar-refractivity contribution in [2.75, 3.05) is 5.21 Å². The summed E-state index contributed by atoms with van der Waals surface area (Å²) >= 11 is 6.84. The van der Waals surface area contributed by atoms with Gasteiger partial charge in [-0.25, -0.2) is 4.98 Å². The molecule has 50 valence electrons. The van der Waals surface area contributed by atoms with E-state index in [0.717, 1.165) is 5.16 Å². The lowest BCUT2D eigenvalue weighted by atomic mass is 11.2. The first-order chi connectivity index (χ1) is 4.33. The normalized spacial score (nSPS) is 10.0. The Morgan fingerprint density at radius 3 is 3.11 bits per heavy atom. The Hall–Kier alpha value is -0.220. The van der Waals surface area contributed by atoms with Crippen LogP contribution in [0.3, 0.4) is 0 Å². The SMILES string of the molecule is Cn1cnc(SCCl)n1. The lowest BCUT2D eigenvalue weighted by Gasteiger charge is -1.83. The summed E-state index contributed by atoms with van der Waals surface area (Å²) in [5.41, 5.74) is 0. The first-order valence-electron chi connectivity index (χ1n) is 2.37. The Bertz CT molecular complexity index is 188. The highest BCUT2D eigenvalue weighted by molar-refractivity contribution is 8.00. The number of rotatable bonds is 2. The van der Waals surface area contributed by atoms with E-state index < -0.39 is 0 Å². The molecule has 1 heterocycles. The number of aromatic nitrogens is 3. The number of aryl methyl sites for hydroxylation is 1. The second kappa shape index (κ2) is 3.08. The van der Waals surface area contributed by atoms with Gasteiger partial charge in [-0.15, -0.1) is 16.7 Å². The van der Waals surface area contributed by atoms with Gasteiger partial charge in [-0.3, -0.25) is 4.68 Å². The van der Waals surface area contributed by atoms with Crippen molar-refractivity contribution < 1.29 is 0 Å². The van der Waals surface area contributed by atoms with Crippen LogP contribution in [0.5, 0.6) is 0 Å². The highest BCUT2D eigenvalue weighted by Gasteiger charge is 1.95. The molecule has 9 heavy (non-hydrogen) atoms. The molecule has 0 unspecified atom stereocenters. The monoisotopic (exact) mass is 163 g/mol. The summed E-state index contributed by atoms with van der Waals surface area (Å²) < 4.78 is 1.65. The average Bonchev–Trinajstić information content (AvgIpc) is 2.17. The molecule has 0 saturated carbocycles. The molecule has 1 rings (SSSR count). The van der Waals surface area contributed by atoms with E-state index in [1.807, 2.05) is 7.05 Å². The molecule has 0 aliphatic rings. The minimum absolute atomic E-state index is 0.504. The van der Waals surface area contributed by atoms with Crippen molar-refractivity contribution in [1.29, 1.82) is 0 Å². The maximum atomic E-state index is 5.42. The molecule has 0 atom stereocenters. The van der Waals surface area contributed by atoms with E-state index in [0.29, 0.717) is 5.21 Å². The smallest absolute Gasteiger partial charge is 0.209 e. The van der Waals surface area contributed by atoms with Gasteiger partial charge in [0.25, 0.3) is 0 Å². The van der Waals surface area contributed by atoms with Crippen molar-refractivity contribution >= 4 is 23.4 Å². The van der Waals surface area contributed by atoms with Crippen molar-refractivity contribution in [3.63, 3.8) is 0 Å². The largest absolute Gasteiger partial charge is 0.255 e. The topological polar surface area (TPSA) is 30.7 Å². The maximum absolute atomic E-state index is 5.42. The fraction of sp³-hybridized carbons (Fsp3) is 0.500. The Balaban J connectivity index is 2.61. The number of thioether (sulfide) groups is 1. The highest BCUT2D eigenvalue weighted by atomic mass is 35.5. The number of nitrogens with zero attached hydrogens (tertiary/aromatic N) is 3. The van der Waals surface area contributed by atoms with Gasteiger partial charge in [-0.1, -0.05) is 11.8 Å². The Morgan fingerprint density at radius 2 is 2.67 bits per heavy atom. The van der Waals surface area contributed by atoms with Crippen LogP contribution in [0.2, 0.25) is 0 Å². The van der Waals surface area contributed by atoms with Crippen molar-refractivity contribution in [2.24, 2.45) is 7.05 Å². The molecular weight excluding hydrogens is 158 g/mol. The molecule has 1 aromatic heterocycles. The van der Waals surface area contributed by atoms with E-state index in [4.69, 9.17) is 11.6 Å². The summed E-state index contributed by atoms with van der Waals surface area (Å²) in [6.07, 6.45) is 1.65. The molecule has 0 N–H and O–H groups in total. The molecule has 1 aromatic rings. The molecule has 0 spiro atoms. The summed E-state index contributed by atoms with van der Waals surface area (Å²) in [7, 11) is 1.82. The number of hydrogen-bond acceptors (Lipinski definition) is 3. The zero-order valence-corrected chi connectivity index (χ0v) is 6.48. The van der Waals surface area contributed by atoms with Crippen LogP contribution in [-0.4, -0.2) is 20.0 Å². The van der Waals surface area contributed by atoms with Crippen LogP contribution in [0, 0.1) is 0 Å². The fourth-order valence-corrected chi connectivity index (χ4v) is 1.13. The van der Waals surface area contributed by atoms with Crippen LogP contribution in [-0.2, 0) is 7.05 Å². The third kappa shape index (κ3) is 1.87. The van der Waals surface area contributed by atoms with Gasteiger partial charge >= 0.3 is 0 Å². The van der Waals surface area contributed by atoms with Gasteiger partial charge in [-0.05, 0) is 0 Å². The molecular formula is C4H6ClN3S. The molecule has 0 aromatic carbocycles. The quantitative estimate of drug-likeness (QED) is 0.483. The standard InChI is InChI=1S/C4H6ClN3S/c1-8-3-6-4(7-8)9-2-5/h3H,2H2,1H3. The Kier molecular flexibility index (Phi) is 2.36. The zero-order chi connectivity index (χ0) is 6.69. The van der Waals surface area contributed by atoms with Gasteiger partial charge in [0.2, 0.25) is 5.16 Å². The zero-order valence-electron chi connectivity index (χ0n) is 4.91. The predicted octanol–water partition coefficient (Wildman–Crippen LogP) is 1.10. The average molecular weight is 164 g/mol. The van der Waals surface area contributed by atoms with E-state index in [1.165, 1.54) is 11.8 Å². The Morgan fingerprint density at radius 1 is 1.89 bits per heavy atom. The second-order valence-electron chi connectivity index (χ2n) is 1.45. The number of hydrogen-bond donors (Lipinski definition) is 0. The van der Waals surface area contributed by atoms with Crippen molar-refractivity contribution in [1.82, 2.24) is 14.8 Å². The molecule has 0 radical (unpaired) electrons. The number of alkyl halides is 1. The second-order valence-corrected chi connectivity index (χ2v) is 2.98. The fourth-order valence-electron chi connectivity index (χ4n) is 0.434. The highest BCUT2D eigenvalue weighted by Crippen LogP contribution is 2.11. The van der Waals surface area contributed by atoms with E-state index >= 15 is 0 Å². The van der Waals surface area contributed by atoms with Gasteiger partial charge < -0.3 is 0 Å². The lowest BCUT2D eigenvalue weighted by Crippen LogP contribution is -1.86. The molecule has 5 heteroatoms. The molecule has 0 fully saturated rings. The van der Waals surface area contributed by atoms with E-state index in [9.17, 15) is 0 Å². The van der Waals surface area contributed by atoms with Gasteiger partial charge in [0.1, 0.15) is 6.33 Å². The maximum Gasteiger partial charge on any atom is 0.209 e. The Labute approximate surface area is 62.4 Å². The molecule has 0 aliphatic carbocycles. The molecule has 0 bridgehead atoms. The summed E-state index contributed by atoms with van der Waals surface area (Å²) in [6, 6.07) is 0. The van der Waals surface area contributed by atoms with E-state index in [2.05, 4.69) is 10.1 Å². The molecule has 0 aliphatic heterocycles. The van der Waals surface area contributed by atoms with Crippen LogP contribution >= 0.6 is 23.4 Å². The van der Waals surface area contributed by atoms with Crippen LogP contribution < -0.4 is 0 Å².